The number of halogens is 2. The Kier molecular flexibility index (Phi) is 7.49. The van der Waals surface area contributed by atoms with Crippen molar-refractivity contribution in [3.05, 3.63) is 64.4 Å². The summed E-state index contributed by atoms with van der Waals surface area (Å²) in [6, 6.07) is 8.95. The molecule has 4 rings (SSSR count). The first-order valence-electron chi connectivity index (χ1n) is 11.6. The van der Waals surface area contributed by atoms with Crippen molar-refractivity contribution in [1.82, 2.24) is 10.2 Å². The molecule has 2 aromatic rings. The number of rotatable bonds is 7. The number of ether oxygens (including phenoxy) is 1. The van der Waals surface area contributed by atoms with E-state index in [0.29, 0.717) is 38.0 Å². The average molecular weight is 523 g/mol. The minimum absolute atomic E-state index is 0.00152. The molecular weight excluding hydrogens is 495 g/mol. The number of carbonyl (C=O) groups excluding carboxylic acids is 2. The lowest BCUT2D eigenvalue weighted by molar-refractivity contribution is -0.128. The lowest BCUT2D eigenvalue weighted by Crippen LogP contribution is -2.51. The highest BCUT2D eigenvalue weighted by Crippen LogP contribution is 2.33. The monoisotopic (exact) mass is 522 g/mol. The van der Waals surface area contributed by atoms with Gasteiger partial charge < -0.3 is 15.0 Å². The van der Waals surface area contributed by atoms with Crippen molar-refractivity contribution in [3.63, 3.8) is 0 Å². The van der Waals surface area contributed by atoms with Gasteiger partial charge in [0.25, 0.3) is 5.91 Å². The molecule has 1 N–H and O–H groups in total. The van der Waals surface area contributed by atoms with Crippen molar-refractivity contribution in [2.45, 2.75) is 49.2 Å². The normalized spacial score (nSPS) is 21.4. The highest BCUT2D eigenvalue weighted by Gasteiger charge is 2.42. The van der Waals surface area contributed by atoms with Crippen LogP contribution in [0.15, 0.2) is 47.4 Å². The van der Waals surface area contributed by atoms with Gasteiger partial charge in [-0.3, -0.25) is 9.59 Å². The molecule has 35 heavy (non-hydrogen) atoms. The zero-order valence-corrected chi connectivity index (χ0v) is 21.1. The number of likely N-dealkylation sites (tertiary alicyclic amines) is 1. The largest absolute Gasteiger partial charge is 0.381 e. The molecule has 188 valence electrons. The Hall–Kier alpha value is -2.49. The first kappa shape index (κ1) is 25.6. The van der Waals surface area contributed by atoms with E-state index in [1.807, 2.05) is 6.92 Å². The summed E-state index contributed by atoms with van der Waals surface area (Å²) in [6.07, 6.45) is 2.87. The smallest absolute Gasteiger partial charge is 0.254 e. The molecule has 0 aromatic heterocycles. The number of nitrogens with one attached hydrogen (secondary N) is 1. The van der Waals surface area contributed by atoms with Crippen LogP contribution < -0.4 is 5.32 Å². The minimum atomic E-state index is -3.49. The Balaban J connectivity index is 1.60. The van der Waals surface area contributed by atoms with Crippen molar-refractivity contribution in [1.29, 1.82) is 0 Å². The van der Waals surface area contributed by atoms with Crippen LogP contribution in [0.1, 0.15) is 48.1 Å². The lowest BCUT2D eigenvalue weighted by Gasteiger charge is -2.36. The van der Waals surface area contributed by atoms with Crippen LogP contribution in [-0.4, -0.2) is 56.7 Å². The van der Waals surface area contributed by atoms with Crippen molar-refractivity contribution >= 4 is 33.3 Å². The van der Waals surface area contributed by atoms with Crippen LogP contribution >= 0.6 is 11.6 Å². The zero-order chi connectivity index (χ0) is 25.3. The molecule has 0 bridgehead atoms. The van der Waals surface area contributed by atoms with E-state index in [2.05, 4.69) is 5.32 Å². The summed E-state index contributed by atoms with van der Waals surface area (Å²) in [6.45, 7) is 2.81. The number of amides is 2. The molecule has 10 heteroatoms. The maximum atomic E-state index is 14.2. The SMILES string of the molecule is CC[C@@H]1CC[C@H](C(=O)NC(c2ccc(Cl)c(F)c2)C2COC2)N1C(=O)c1cccc(S(C)(=O)=O)c1. The molecule has 2 fully saturated rings. The van der Waals surface area contributed by atoms with Crippen LogP contribution in [0, 0.1) is 11.7 Å². The summed E-state index contributed by atoms with van der Waals surface area (Å²) in [5.41, 5.74) is 0.798. The summed E-state index contributed by atoms with van der Waals surface area (Å²) in [5.74, 6) is -1.32. The predicted octanol–water partition coefficient (Wildman–Crippen LogP) is 3.77. The van der Waals surface area contributed by atoms with E-state index in [1.54, 1.807) is 17.0 Å². The van der Waals surface area contributed by atoms with Gasteiger partial charge in [-0.05, 0) is 55.2 Å². The summed E-state index contributed by atoms with van der Waals surface area (Å²) in [5, 5.41) is 3.02. The van der Waals surface area contributed by atoms with Crippen LogP contribution in [0.4, 0.5) is 4.39 Å². The van der Waals surface area contributed by atoms with Crippen LogP contribution in [0.5, 0.6) is 0 Å². The summed E-state index contributed by atoms with van der Waals surface area (Å²) < 4.78 is 43.4. The second kappa shape index (κ2) is 10.2. The van der Waals surface area contributed by atoms with Crippen LogP contribution in [0.2, 0.25) is 5.02 Å². The van der Waals surface area contributed by atoms with E-state index >= 15 is 0 Å². The Morgan fingerprint density at radius 1 is 1.20 bits per heavy atom. The zero-order valence-electron chi connectivity index (χ0n) is 19.5. The van der Waals surface area contributed by atoms with E-state index in [0.717, 1.165) is 6.26 Å². The Morgan fingerprint density at radius 2 is 1.94 bits per heavy atom. The molecule has 2 saturated heterocycles. The van der Waals surface area contributed by atoms with Crippen molar-refractivity contribution in [3.8, 4) is 0 Å². The van der Waals surface area contributed by atoms with Crippen LogP contribution in [0.25, 0.3) is 0 Å². The standard InChI is InChI=1S/C25H28ClFN2O5S/c1-3-18-8-10-22(29(18)25(31)16-5-4-6-19(11-16)35(2,32)33)24(30)28-23(17-13-34-14-17)15-7-9-20(26)21(27)12-15/h4-7,9,11-12,17-18,22-23H,3,8,10,13-14H2,1-2H3,(H,28,30)/t18-,22-,23?/m1/s1. The molecule has 0 aliphatic carbocycles. The number of hydrogen-bond donors (Lipinski definition) is 1. The van der Waals surface area contributed by atoms with Gasteiger partial charge in [0.05, 0.1) is 29.2 Å². The van der Waals surface area contributed by atoms with E-state index in [-0.39, 0.29) is 39.3 Å². The second-order valence-electron chi connectivity index (χ2n) is 9.12. The van der Waals surface area contributed by atoms with Gasteiger partial charge in [-0.2, -0.15) is 0 Å². The molecule has 0 saturated carbocycles. The third-order valence-electron chi connectivity index (χ3n) is 6.76. The van der Waals surface area contributed by atoms with E-state index in [9.17, 15) is 22.4 Å². The fraction of sp³-hybridized carbons (Fsp3) is 0.440. The predicted molar refractivity (Wildman–Crippen MR) is 129 cm³/mol. The quantitative estimate of drug-likeness (QED) is 0.597. The molecule has 2 amide bonds. The molecule has 7 nitrogen and oxygen atoms in total. The van der Waals surface area contributed by atoms with E-state index in [1.165, 1.54) is 30.3 Å². The fourth-order valence-corrected chi connectivity index (χ4v) is 5.52. The molecule has 0 spiro atoms. The Morgan fingerprint density at radius 3 is 2.54 bits per heavy atom. The molecular formula is C25H28ClFN2O5S. The molecule has 2 heterocycles. The van der Waals surface area contributed by atoms with Crippen molar-refractivity contribution in [2.24, 2.45) is 5.92 Å². The first-order chi connectivity index (χ1) is 16.6. The van der Waals surface area contributed by atoms with Crippen molar-refractivity contribution in [2.75, 3.05) is 19.5 Å². The topological polar surface area (TPSA) is 92.8 Å². The number of hydrogen-bond acceptors (Lipinski definition) is 5. The maximum absolute atomic E-state index is 14.2. The van der Waals surface area contributed by atoms with Gasteiger partial charge in [-0.1, -0.05) is 30.7 Å². The lowest BCUT2D eigenvalue weighted by atomic mass is 9.91. The Bertz CT molecular complexity index is 1230. The molecule has 2 aromatic carbocycles. The number of carbonyl (C=O) groups is 2. The summed E-state index contributed by atoms with van der Waals surface area (Å²) >= 11 is 5.84. The minimum Gasteiger partial charge on any atom is -0.381 e. The molecule has 3 atom stereocenters. The van der Waals surface area contributed by atoms with Gasteiger partial charge >= 0.3 is 0 Å². The highest BCUT2D eigenvalue weighted by atomic mass is 35.5. The van der Waals surface area contributed by atoms with Crippen LogP contribution in [-0.2, 0) is 19.4 Å². The summed E-state index contributed by atoms with van der Waals surface area (Å²) in [4.78, 5) is 28.6. The van der Waals surface area contributed by atoms with Gasteiger partial charge in [-0.25, -0.2) is 12.8 Å². The van der Waals surface area contributed by atoms with E-state index in [4.69, 9.17) is 16.3 Å². The summed E-state index contributed by atoms with van der Waals surface area (Å²) in [7, 11) is -3.49. The van der Waals surface area contributed by atoms with Gasteiger partial charge in [0.2, 0.25) is 5.91 Å². The van der Waals surface area contributed by atoms with Gasteiger partial charge in [0.1, 0.15) is 11.9 Å². The molecule has 2 aliphatic heterocycles. The van der Waals surface area contributed by atoms with Gasteiger partial charge in [0, 0.05) is 23.8 Å². The highest BCUT2D eigenvalue weighted by molar-refractivity contribution is 7.90. The van der Waals surface area contributed by atoms with E-state index < -0.39 is 27.7 Å². The molecule has 2 aliphatic rings. The van der Waals surface area contributed by atoms with Gasteiger partial charge in [-0.15, -0.1) is 0 Å². The van der Waals surface area contributed by atoms with Gasteiger partial charge in [0.15, 0.2) is 9.84 Å². The maximum Gasteiger partial charge on any atom is 0.254 e. The number of benzene rings is 2. The first-order valence-corrected chi connectivity index (χ1v) is 13.8. The number of sulfone groups is 1. The second-order valence-corrected chi connectivity index (χ2v) is 11.5. The van der Waals surface area contributed by atoms with Crippen LogP contribution in [0.3, 0.4) is 0 Å². The molecule has 1 unspecified atom stereocenters. The van der Waals surface area contributed by atoms with Crippen molar-refractivity contribution < 1.29 is 27.1 Å². The molecule has 0 radical (unpaired) electrons. The third kappa shape index (κ3) is 5.37. The third-order valence-corrected chi connectivity index (χ3v) is 8.17. The number of nitrogens with zero attached hydrogens (tertiary/aromatic N) is 1. The fourth-order valence-electron chi connectivity index (χ4n) is 4.73. The Labute approximate surface area is 209 Å². The average Bonchev–Trinajstić information content (AvgIpc) is 3.22.